The van der Waals surface area contributed by atoms with E-state index in [4.69, 9.17) is 0 Å². The van der Waals surface area contributed by atoms with Crippen molar-refractivity contribution in [2.75, 3.05) is 13.6 Å². The number of pyridine rings is 1. The van der Waals surface area contributed by atoms with Gasteiger partial charge in [-0.25, -0.2) is 0 Å². The third kappa shape index (κ3) is 3.28. The maximum Gasteiger partial charge on any atom is 0.0410 e. The molecule has 15 heavy (non-hydrogen) atoms. The van der Waals surface area contributed by atoms with Gasteiger partial charge in [-0.05, 0) is 52.9 Å². The van der Waals surface area contributed by atoms with Crippen molar-refractivity contribution < 1.29 is 0 Å². The lowest BCUT2D eigenvalue weighted by atomic mass is 10.2. The second kappa shape index (κ2) is 4.62. The van der Waals surface area contributed by atoms with E-state index < -0.39 is 0 Å². The molecule has 2 nitrogen and oxygen atoms in total. The van der Waals surface area contributed by atoms with Gasteiger partial charge >= 0.3 is 0 Å². The first kappa shape index (κ1) is 11.1. The number of nitrogens with zero attached hydrogens (tertiary/aromatic N) is 2. The molecular weight excluding hydrogens is 252 g/mol. The van der Waals surface area contributed by atoms with Crippen LogP contribution < -0.4 is 0 Å². The van der Waals surface area contributed by atoms with Crippen LogP contribution in [0.15, 0.2) is 22.9 Å². The highest BCUT2D eigenvalue weighted by molar-refractivity contribution is 9.10. The van der Waals surface area contributed by atoms with E-state index in [1.165, 1.54) is 18.5 Å². The van der Waals surface area contributed by atoms with Crippen molar-refractivity contribution in [2.45, 2.75) is 19.9 Å². The van der Waals surface area contributed by atoms with Crippen molar-refractivity contribution in [3.63, 3.8) is 0 Å². The van der Waals surface area contributed by atoms with Crippen LogP contribution in [0.3, 0.4) is 0 Å². The molecule has 2 atom stereocenters. The van der Waals surface area contributed by atoms with Crippen molar-refractivity contribution >= 4 is 15.9 Å². The zero-order valence-corrected chi connectivity index (χ0v) is 10.9. The Morgan fingerprint density at radius 2 is 2.27 bits per heavy atom. The lowest BCUT2D eigenvalue weighted by Crippen LogP contribution is -2.20. The monoisotopic (exact) mass is 268 g/mol. The molecular formula is C12H17BrN2. The maximum atomic E-state index is 4.17. The summed E-state index contributed by atoms with van der Waals surface area (Å²) in [4.78, 5) is 6.56. The summed E-state index contributed by atoms with van der Waals surface area (Å²) in [5.74, 6) is 1.86. The molecule has 0 saturated heterocycles. The molecule has 1 aromatic rings. The molecule has 1 aromatic heterocycles. The number of hydrogen-bond acceptors (Lipinski definition) is 2. The molecule has 0 amide bonds. The summed E-state index contributed by atoms with van der Waals surface area (Å²) < 4.78 is 1.06. The number of rotatable bonds is 4. The lowest BCUT2D eigenvalue weighted by Gasteiger charge is -2.16. The van der Waals surface area contributed by atoms with E-state index in [-0.39, 0.29) is 0 Å². The van der Waals surface area contributed by atoms with Crippen LogP contribution in [0.25, 0.3) is 0 Å². The third-order valence-electron chi connectivity index (χ3n) is 3.04. The van der Waals surface area contributed by atoms with E-state index in [2.05, 4.69) is 45.9 Å². The molecule has 3 heteroatoms. The minimum atomic E-state index is 0.926. The molecule has 0 radical (unpaired) electrons. The van der Waals surface area contributed by atoms with Gasteiger partial charge in [0, 0.05) is 30.0 Å². The number of aromatic nitrogens is 1. The molecule has 82 valence electrons. The fourth-order valence-electron chi connectivity index (χ4n) is 1.97. The van der Waals surface area contributed by atoms with E-state index >= 15 is 0 Å². The molecule has 0 bridgehead atoms. The number of hydrogen-bond donors (Lipinski definition) is 0. The summed E-state index contributed by atoms with van der Waals surface area (Å²) in [7, 11) is 2.19. The second-order valence-corrected chi connectivity index (χ2v) is 5.60. The first-order valence-electron chi connectivity index (χ1n) is 5.43. The average Bonchev–Trinajstić information content (AvgIpc) is 2.81. The molecule has 0 spiro atoms. The smallest absolute Gasteiger partial charge is 0.0410 e. The predicted octanol–water partition coefficient (Wildman–Crippen LogP) is 2.93. The Hall–Kier alpha value is -0.410. The maximum absolute atomic E-state index is 4.17. The van der Waals surface area contributed by atoms with Crippen molar-refractivity contribution in [3.05, 3.63) is 28.5 Å². The fourth-order valence-corrected chi connectivity index (χ4v) is 2.38. The molecule has 1 aliphatic carbocycles. The molecule has 1 aliphatic rings. The minimum absolute atomic E-state index is 0.926. The Morgan fingerprint density at radius 3 is 2.87 bits per heavy atom. The average molecular weight is 269 g/mol. The Kier molecular flexibility index (Phi) is 3.42. The first-order chi connectivity index (χ1) is 7.15. The first-order valence-corrected chi connectivity index (χ1v) is 6.22. The summed E-state index contributed by atoms with van der Waals surface area (Å²) in [6.07, 6.45) is 5.17. The van der Waals surface area contributed by atoms with Crippen molar-refractivity contribution in [1.82, 2.24) is 9.88 Å². The van der Waals surface area contributed by atoms with Crippen molar-refractivity contribution in [1.29, 1.82) is 0 Å². The van der Waals surface area contributed by atoms with E-state index in [9.17, 15) is 0 Å². The molecule has 1 heterocycles. The summed E-state index contributed by atoms with van der Waals surface area (Å²) in [6.45, 7) is 4.54. The topological polar surface area (TPSA) is 16.1 Å². The SMILES string of the molecule is CC1CC1CN(C)Cc1cncc(Br)c1. The Labute approximate surface area is 99.8 Å². The van der Waals surface area contributed by atoms with E-state index in [0.29, 0.717) is 0 Å². The van der Waals surface area contributed by atoms with E-state index in [1.807, 2.05) is 12.4 Å². The second-order valence-electron chi connectivity index (χ2n) is 4.68. The molecule has 2 unspecified atom stereocenters. The number of halogens is 1. The fraction of sp³-hybridized carbons (Fsp3) is 0.583. The van der Waals surface area contributed by atoms with Crippen LogP contribution in [0.5, 0.6) is 0 Å². The molecule has 1 fully saturated rings. The zero-order valence-electron chi connectivity index (χ0n) is 9.28. The van der Waals surface area contributed by atoms with Crippen molar-refractivity contribution in [2.24, 2.45) is 11.8 Å². The highest BCUT2D eigenvalue weighted by Gasteiger charge is 2.32. The van der Waals surface area contributed by atoms with Gasteiger partial charge in [0.1, 0.15) is 0 Å². The van der Waals surface area contributed by atoms with Gasteiger partial charge < -0.3 is 4.90 Å². The quantitative estimate of drug-likeness (QED) is 0.835. The molecule has 0 N–H and O–H groups in total. The van der Waals surface area contributed by atoms with Crippen LogP contribution in [0.2, 0.25) is 0 Å². The van der Waals surface area contributed by atoms with Gasteiger partial charge in [0.15, 0.2) is 0 Å². The van der Waals surface area contributed by atoms with Crippen molar-refractivity contribution in [3.8, 4) is 0 Å². The highest BCUT2D eigenvalue weighted by Crippen LogP contribution is 2.38. The third-order valence-corrected chi connectivity index (χ3v) is 3.47. The Morgan fingerprint density at radius 1 is 1.53 bits per heavy atom. The van der Waals surface area contributed by atoms with Gasteiger partial charge in [-0.15, -0.1) is 0 Å². The van der Waals surface area contributed by atoms with Gasteiger partial charge in [0.05, 0.1) is 0 Å². The van der Waals surface area contributed by atoms with Gasteiger partial charge in [-0.2, -0.15) is 0 Å². The normalized spacial score (nSPS) is 24.5. The largest absolute Gasteiger partial charge is 0.302 e. The standard InChI is InChI=1S/C12H17BrN2/c1-9-3-11(9)8-15(2)7-10-4-12(13)6-14-5-10/h4-6,9,11H,3,7-8H2,1-2H3. The van der Waals surface area contributed by atoms with Crippen LogP contribution in [0.1, 0.15) is 18.9 Å². The van der Waals surface area contributed by atoms with Gasteiger partial charge in [0.2, 0.25) is 0 Å². The van der Waals surface area contributed by atoms with Crippen LogP contribution in [-0.4, -0.2) is 23.5 Å². The van der Waals surface area contributed by atoms with Crippen LogP contribution >= 0.6 is 15.9 Å². The van der Waals surface area contributed by atoms with Gasteiger partial charge in [-0.3, -0.25) is 4.98 Å². The molecule has 1 saturated carbocycles. The Bertz CT molecular complexity index is 340. The lowest BCUT2D eigenvalue weighted by molar-refractivity contribution is 0.307. The van der Waals surface area contributed by atoms with Crippen LogP contribution in [0.4, 0.5) is 0 Å². The molecule has 2 rings (SSSR count). The highest BCUT2D eigenvalue weighted by atomic mass is 79.9. The summed E-state index contributed by atoms with van der Waals surface area (Å²) in [6, 6.07) is 2.14. The molecule has 0 aliphatic heterocycles. The summed E-state index contributed by atoms with van der Waals surface area (Å²) in [5, 5.41) is 0. The van der Waals surface area contributed by atoms with E-state index in [0.717, 1.165) is 22.9 Å². The minimum Gasteiger partial charge on any atom is -0.302 e. The van der Waals surface area contributed by atoms with Crippen LogP contribution in [-0.2, 0) is 6.54 Å². The predicted molar refractivity (Wildman–Crippen MR) is 65.5 cm³/mol. The summed E-state index contributed by atoms with van der Waals surface area (Å²) in [5.41, 5.74) is 1.28. The van der Waals surface area contributed by atoms with E-state index in [1.54, 1.807) is 0 Å². The van der Waals surface area contributed by atoms with Gasteiger partial charge in [0.25, 0.3) is 0 Å². The molecule has 0 aromatic carbocycles. The van der Waals surface area contributed by atoms with Gasteiger partial charge in [-0.1, -0.05) is 6.92 Å². The van der Waals surface area contributed by atoms with Crippen LogP contribution in [0, 0.1) is 11.8 Å². The zero-order chi connectivity index (χ0) is 10.8. The Balaban J connectivity index is 1.85. The summed E-state index contributed by atoms with van der Waals surface area (Å²) >= 11 is 3.44.